The van der Waals surface area contributed by atoms with E-state index in [1.165, 1.54) is 6.07 Å². The number of amides is 1. The summed E-state index contributed by atoms with van der Waals surface area (Å²) in [6.45, 7) is 0.335. The molecule has 0 saturated heterocycles. The molecule has 1 saturated carbocycles. The summed E-state index contributed by atoms with van der Waals surface area (Å²) in [5, 5.41) is 7.69. The minimum absolute atomic E-state index is 0.0357. The Hall–Kier alpha value is -3.36. The fourth-order valence-electron chi connectivity index (χ4n) is 3.63. The average Bonchev–Trinajstić information content (AvgIpc) is 3.35. The van der Waals surface area contributed by atoms with E-state index in [0.29, 0.717) is 23.2 Å². The van der Waals surface area contributed by atoms with Crippen molar-refractivity contribution in [3.8, 4) is 0 Å². The monoisotopic (exact) mass is 413 g/mol. The molecule has 0 radical (unpaired) electrons. The average molecular weight is 413 g/mol. The number of carbonyl (C=O) groups excluding carboxylic acids is 1. The molecule has 0 atom stereocenters. The van der Waals surface area contributed by atoms with E-state index >= 15 is 0 Å². The summed E-state index contributed by atoms with van der Waals surface area (Å²) in [5.41, 5.74) is 1.51. The standard InChI is InChI=1S/C21H18F3N5O/c22-21(23,24)18-9-16(12-5-6-12)27-19-10-17(28-29(18)19)20(30)25-8-7-13-11-26-15-4-2-1-3-14(13)15/h1-4,9-12,26H,5-8H2,(H,25,30). The van der Waals surface area contributed by atoms with E-state index in [-0.39, 0.29) is 17.3 Å². The van der Waals surface area contributed by atoms with Crippen LogP contribution in [0.15, 0.2) is 42.6 Å². The molecule has 3 aromatic heterocycles. The normalized spacial score (nSPS) is 14.5. The van der Waals surface area contributed by atoms with Crippen LogP contribution in [0.3, 0.4) is 0 Å². The lowest BCUT2D eigenvalue weighted by Gasteiger charge is -2.10. The van der Waals surface area contributed by atoms with Gasteiger partial charge in [-0.1, -0.05) is 18.2 Å². The molecule has 1 amide bonds. The second-order valence-corrected chi connectivity index (χ2v) is 7.50. The molecule has 4 aromatic rings. The van der Waals surface area contributed by atoms with Crippen LogP contribution in [-0.2, 0) is 12.6 Å². The number of benzene rings is 1. The molecule has 5 rings (SSSR count). The van der Waals surface area contributed by atoms with Gasteiger partial charge < -0.3 is 10.3 Å². The minimum Gasteiger partial charge on any atom is -0.361 e. The Labute approximate surface area is 169 Å². The highest BCUT2D eigenvalue weighted by Crippen LogP contribution is 2.41. The number of aromatic amines is 1. The molecule has 9 heteroatoms. The zero-order valence-electron chi connectivity index (χ0n) is 15.8. The van der Waals surface area contributed by atoms with Crippen molar-refractivity contribution in [2.45, 2.75) is 31.4 Å². The van der Waals surface area contributed by atoms with E-state index in [1.807, 2.05) is 30.5 Å². The lowest BCUT2D eigenvalue weighted by atomic mass is 10.1. The van der Waals surface area contributed by atoms with Crippen LogP contribution in [0, 0.1) is 0 Å². The molecular formula is C21H18F3N5O. The third-order valence-electron chi connectivity index (χ3n) is 5.32. The van der Waals surface area contributed by atoms with Gasteiger partial charge in [0, 0.05) is 41.3 Å². The Bertz CT molecular complexity index is 1250. The summed E-state index contributed by atoms with van der Waals surface area (Å²) >= 11 is 0. The van der Waals surface area contributed by atoms with Crippen LogP contribution < -0.4 is 5.32 Å². The maximum absolute atomic E-state index is 13.5. The fraction of sp³-hybridized carbons (Fsp3) is 0.286. The highest BCUT2D eigenvalue weighted by Gasteiger charge is 2.37. The zero-order chi connectivity index (χ0) is 20.9. The number of halogens is 3. The zero-order valence-corrected chi connectivity index (χ0v) is 15.8. The van der Waals surface area contributed by atoms with Crippen molar-refractivity contribution in [2.24, 2.45) is 0 Å². The molecule has 30 heavy (non-hydrogen) atoms. The summed E-state index contributed by atoms with van der Waals surface area (Å²) in [6.07, 6.45) is -0.451. The first-order valence-corrected chi connectivity index (χ1v) is 9.71. The van der Waals surface area contributed by atoms with Crippen molar-refractivity contribution in [2.75, 3.05) is 6.54 Å². The van der Waals surface area contributed by atoms with Crippen LogP contribution >= 0.6 is 0 Å². The van der Waals surface area contributed by atoms with E-state index in [4.69, 9.17) is 0 Å². The highest BCUT2D eigenvalue weighted by molar-refractivity contribution is 5.93. The molecule has 0 spiro atoms. The first-order valence-electron chi connectivity index (χ1n) is 9.71. The predicted molar refractivity (Wildman–Crippen MR) is 104 cm³/mol. The number of fused-ring (bicyclic) bond motifs is 2. The number of para-hydroxylation sites is 1. The molecular weight excluding hydrogens is 395 g/mol. The number of alkyl halides is 3. The van der Waals surface area contributed by atoms with Crippen molar-refractivity contribution >= 4 is 22.5 Å². The molecule has 3 heterocycles. The number of aromatic nitrogens is 4. The molecule has 0 bridgehead atoms. The number of hydrogen-bond donors (Lipinski definition) is 2. The van der Waals surface area contributed by atoms with Crippen molar-refractivity contribution < 1.29 is 18.0 Å². The number of hydrogen-bond acceptors (Lipinski definition) is 3. The lowest BCUT2D eigenvalue weighted by Crippen LogP contribution is -2.26. The molecule has 2 N–H and O–H groups in total. The highest BCUT2D eigenvalue weighted by atomic mass is 19.4. The van der Waals surface area contributed by atoms with E-state index in [2.05, 4.69) is 20.4 Å². The van der Waals surface area contributed by atoms with Crippen LogP contribution in [0.2, 0.25) is 0 Å². The Balaban J connectivity index is 1.35. The number of carbonyl (C=O) groups is 1. The topological polar surface area (TPSA) is 75.1 Å². The summed E-state index contributed by atoms with van der Waals surface area (Å²) in [7, 11) is 0. The van der Waals surface area contributed by atoms with Gasteiger partial charge in [0.1, 0.15) is 5.69 Å². The van der Waals surface area contributed by atoms with Gasteiger partial charge in [0.2, 0.25) is 0 Å². The molecule has 1 aliphatic rings. The van der Waals surface area contributed by atoms with Crippen LogP contribution in [0.5, 0.6) is 0 Å². The van der Waals surface area contributed by atoms with Crippen molar-refractivity contribution in [1.82, 2.24) is 24.9 Å². The van der Waals surface area contributed by atoms with E-state index < -0.39 is 17.8 Å². The number of nitrogens with one attached hydrogen (secondary N) is 2. The van der Waals surface area contributed by atoms with Gasteiger partial charge in [-0.3, -0.25) is 4.79 Å². The van der Waals surface area contributed by atoms with Crippen molar-refractivity contribution in [3.05, 3.63) is 65.2 Å². The number of nitrogens with zero attached hydrogens (tertiary/aromatic N) is 3. The summed E-state index contributed by atoms with van der Waals surface area (Å²) in [5.74, 6) is -0.471. The van der Waals surface area contributed by atoms with Gasteiger partial charge in [-0.15, -0.1) is 0 Å². The quantitative estimate of drug-likeness (QED) is 0.518. The van der Waals surface area contributed by atoms with E-state index in [0.717, 1.165) is 35.4 Å². The smallest absolute Gasteiger partial charge is 0.361 e. The third-order valence-corrected chi connectivity index (χ3v) is 5.32. The van der Waals surface area contributed by atoms with Crippen molar-refractivity contribution in [3.63, 3.8) is 0 Å². The Morgan fingerprint density at radius 2 is 2.03 bits per heavy atom. The van der Waals surface area contributed by atoms with Gasteiger partial charge >= 0.3 is 6.18 Å². The SMILES string of the molecule is O=C(NCCc1c[nH]c2ccccc12)c1cc2nc(C3CC3)cc(C(F)(F)F)n2n1. The van der Waals surface area contributed by atoms with Crippen LogP contribution in [0.1, 0.15) is 46.2 Å². The largest absolute Gasteiger partial charge is 0.433 e. The van der Waals surface area contributed by atoms with Crippen LogP contribution in [-0.4, -0.2) is 32.0 Å². The second-order valence-electron chi connectivity index (χ2n) is 7.50. The van der Waals surface area contributed by atoms with Gasteiger partial charge in [0.25, 0.3) is 5.91 Å². The maximum atomic E-state index is 13.5. The van der Waals surface area contributed by atoms with E-state index in [1.54, 1.807) is 0 Å². The molecule has 1 fully saturated rings. The van der Waals surface area contributed by atoms with Gasteiger partial charge in [0.05, 0.1) is 0 Å². The Morgan fingerprint density at radius 1 is 1.23 bits per heavy atom. The first-order chi connectivity index (χ1) is 14.4. The summed E-state index contributed by atoms with van der Waals surface area (Å²) < 4.78 is 41.2. The molecule has 1 aliphatic carbocycles. The third kappa shape index (κ3) is 3.40. The summed E-state index contributed by atoms with van der Waals surface area (Å²) in [6, 6.07) is 10.2. The predicted octanol–water partition coefficient (Wildman–Crippen LogP) is 4.08. The fourth-order valence-corrected chi connectivity index (χ4v) is 3.63. The molecule has 0 aliphatic heterocycles. The van der Waals surface area contributed by atoms with Gasteiger partial charge in [0.15, 0.2) is 11.3 Å². The van der Waals surface area contributed by atoms with Gasteiger partial charge in [-0.2, -0.15) is 18.3 Å². The molecule has 6 nitrogen and oxygen atoms in total. The van der Waals surface area contributed by atoms with Crippen LogP contribution in [0.4, 0.5) is 13.2 Å². The minimum atomic E-state index is -4.58. The Morgan fingerprint density at radius 3 is 2.80 bits per heavy atom. The molecule has 0 unspecified atom stereocenters. The van der Waals surface area contributed by atoms with Gasteiger partial charge in [-0.05, 0) is 37.0 Å². The van der Waals surface area contributed by atoms with Crippen molar-refractivity contribution in [1.29, 1.82) is 0 Å². The maximum Gasteiger partial charge on any atom is 0.433 e. The molecule has 154 valence electrons. The van der Waals surface area contributed by atoms with Crippen LogP contribution in [0.25, 0.3) is 16.6 Å². The van der Waals surface area contributed by atoms with Gasteiger partial charge in [-0.25, -0.2) is 9.50 Å². The number of rotatable bonds is 5. The second kappa shape index (κ2) is 6.86. The summed E-state index contributed by atoms with van der Waals surface area (Å²) in [4.78, 5) is 20.0. The molecule has 1 aromatic carbocycles. The first kappa shape index (κ1) is 18.7. The van der Waals surface area contributed by atoms with E-state index in [9.17, 15) is 18.0 Å². The number of H-pyrrole nitrogens is 1. The Kier molecular flexibility index (Phi) is 4.27. The lowest BCUT2D eigenvalue weighted by molar-refractivity contribution is -0.142.